The lowest BCUT2D eigenvalue weighted by Crippen LogP contribution is -2.23. The molecule has 2 aromatic carbocycles. The summed E-state index contributed by atoms with van der Waals surface area (Å²) in [5, 5.41) is 0. The molecule has 0 atom stereocenters. The zero-order chi connectivity index (χ0) is 20.1. The highest BCUT2D eigenvalue weighted by Crippen LogP contribution is 2.42. The van der Waals surface area contributed by atoms with Crippen LogP contribution in [0.1, 0.15) is 61.9 Å². The summed E-state index contributed by atoms with van der Waals surface area (Å²) in [6.45, 7) is 9.09. The minimum absolute atomic E-state index is 0.191. The van der Waals surface area contributed by atoms with Crippen LogP contribution < -0.4 is 0 Å². The maximum atomic E-state index is 11.6. The van der Waals surface area contributed by atoms with Gasteiger partial charge in [0.05, 0.1) is 13.0 Å². The van der Waals surface area contributed by atoms with Crippen LogP contribution in [0.2, 0.25) is 0 Å². The number of carbonyl (C=O) groups is 1. The van der Waals surface area contributed by atoms with E-state index in [4.69, 9.17) is 4.74 Å². The van der Waals surface area contributed by atoms with Crippen LogP contribution >= 0.6 is 11.8 Å². The molecule has 0 aliphatic carbocycles. The summed E-state index contributed by atoms with van der Waals surface area (Å²) in [5.74, 6) is 7.70. The molecular formula is C25H28O2S. The molecule has 0 spiro atoms. The Morgan fingerprint density at radius 2 is 1.89 bits per heavy atom. The highest BCUT2D eigenvalue weighted by atomic mass is 32.2. The van der Waals surface area contributed by atoms with E-state index in [0.29, 0.717) is 13.0 Å². The molecule has 146 valence electrons. The second kappa shape index (κ2) is 8.88. The summed E-state index contributed by atoms with van der Waals surface area (Å²) >= 11 is 1.97. The van der Waals surface area contributed by atoms with Gasteiger partial charge in [-0.25, -0.2) is 0 Å². The predicted molar refractivity (Wildman–Crippen MR) is 117 cm³/mol. The largest absolute Gasteiger partial charge is 0.466 e. The number of hydrogen-bond donors (Lipinski definition) is 0. The molecule has 2 nitrogen and oxygen atoms in total. The van der Waals surface area contributed by atoms with Crippen LogP contribution in [-0.4, -0.2) is 18.3 Å². The van der Waals surface area contributed by atoms with Crippen LogP contribution in [0.25, 0.3) is 0 Å². The standard InChI is InChI=1S/C25H28O2S/c1-5-20-17-23-22(25(3,4)13-14-28-23)16-21(20)12-11-18-7-9-19(10-8-18)15-24(26)27-6-2/h7-10,16-17H,5-6,13-15H2,1-4H3. The van der Waals surface area contributed by atoms with E-state index < -0.39 is 0 Å². The SMILES string of the molecule is CCOC(=O)Cc1ccc(C#Cc2cc3c(cc2CC)SCCC3(C)C)cc1. The maximum Gasteiger partial charge on any atom is 0.310 e. The molecule has 0 fully saturated rings. The van der Waals surface area contributed by atoms with Crippen LogP contribution in [0, 0.1) is 11.8 Å². The van der Waals surface area contributed by atoms with Gasteiger partial charge >= 0.3 is 5.97 Å². The molecule has 0 saturated heterocycles. The predicted octanol–water partition coefficient (Wildman–Crippen LogP) is 5.53. The number of hydrogen-bond acceptors (Lipinski definition) is 3. The first-order valence-corrected chi connectivity index (χ1v) is 11.0. The van der Waals surface area contributed by atoms with Gasteiger partial charge in [-0.3, -0.25) is 4.79 Å². The summed E-state index contributed by atoms with van der Waals surface area (Å²) in [7, 11) is 0. The van der Waals surface area contributed by atoms with Gasteiger partial charge in [0.1, 0.15) is 0 Å². The molecule has 1 heterocycles. The molecule has 1 aliphatic heterocycles. The van der Waals surface area contributed by atoms with E-state index in [2.05, 4.69) is 44.7 Å². The van der Waals surface area contributed by atoms with Gasteiger partial charge in [0.25, 0.3) is 0 Å². The Hall–Kier alpha value is -2.18. The molecule has 1 aliphatic rings. The van der Waals surface area contributed by atoms with Gasteiger partial charge in [-0.2, -0.15) is 0 Å². The molecular weight excluding hydrogens is 364 g/mol. The lowest BCUT2D eigenvalue weighted by atomic mass is 9.80. The van der Waals surface area contributed by atoms with E-state index in [1.807, 2.05) is 43.0 Å². The molecule has 0 radical (unpaired) electrons. The Morgan fingerprint density at radius 1 is 1.14 bits per heavy atom. The lowest BCUT2D eigenvalue weighted by molar-refractivity contribution is -0.142. The third-order valence-electron chi connectivity index (χ3n) is 5.25. The van der Waals surface area contributed by atoms with Gasteiger partial charge in [-0.15, -0.1) is 11.8 Å². The van der Waals surface area contributed by atoms with Gasteiger partial charge in [0.2, 0.25) is 0 Å². The van der Waals surface area contributed by atoms with Crippen LogP contribution in [-0.2, 0) is 27.8 Å². The van der Waals surface area contributed by atoms with Crippen LogP contribution in [0.5, 0.6) is 0 Å². The quantitative estimate of drug-likeness (QED) is 0.506. The molecule has 0 saturated carbocycles. The number of fused-ring (bicyclic) bond motifs is 1. The molecule has 0 bridgehead atoms. The lowest BCUT2D eigenvalue weighted by Gasteiger charge is -2.32. The maximum absolute atomic E-state index is 11.6. The van der Waals surface area contributed by atoms with Gasteiger partial charge in [0, 0.05) is 16.0 Å². The van der Waals surface area contributed by atoms with Crippen molar-refractivity contribution in [1.29, 1.82) is 0 Å². The topological polar surface area (TPSA) is 26.3 Å². The third kappa shape index (κ3) is 4.80. The molecule has 0 amide bonds. The zero-order valence-corrected chi connectivity index (χ0v) is 18.0. The highest BCUT2D eigenvalue weighted by molar-refractivity contribution is 7.99. The Morgan fingerprint density at radius 3 is 2.57 bits per heavy atom. The first-order chi connectivity index (χ1) is 13.4. The Balaban J connectivity index is 1.84. The fourth-order valence-electron chi connectivity index (χ4n) is 3.45. The Labute approximate surface area is 173 Å². The Bertz CT molecular complexity index is 914. The Kier molecular flexibility index (Phi) is 6.52. The van der Waals surface area contributed by atoms with E-state index in [1.165, 1.54) is 28.2 Å². The molecule has 3 heteroatoms. The summed E-state index contributed by atoms with van der Waals surface area (Å²) in [6, 6.07) is 12.5. The number of thioether (sulfide) groups is 1. The van der Waals surface area contributed by atoms with Crippen molar-refractivity contribution in [2.45, 2.75) is 57.3 Å². The third-order valence-corrected chi connectivity index (χ3v) is 6.31. The summed E-state index contributed by atoms with van der Waals surface area (Å²) < 4.78 is 5.00. The van der Waals surface area contributed by atoms with Crippen molar-refractivity contribution >= 4 is 17.7 Å². The van der Waals surface area contributed by atoms with E-state index in [0.717, 1.165) is 23.1 Å². The highest BCUT2D eigenvalue weighted by Gasteiger charge is 2.28. The van der Waals surface area contributed by atoms with E-state index in [-0.39, 0.29) is 11.4 Å². The summed E-state index contributed by atoms with van der Waals surface area (Å²) in [4.78, 5) is 13.0. The minimum atomic E-state index is -0.191. The van der Waals surface area contributed by atoms with Crippen molar-refractivity contribution in [3.8, 4) is 11.8 Å². The fraction of sp³-hybridized carbons (Fsp3) is 0.400. The molecule has 2 aromatic rings. The molecule has 0 N–H and O–H groups in total. The first kappa shape index (κ1) is 20.6. The van der Waals surface area contributed by atoms with Gasteiger partial charge in [-0.05, 0) is 71.9 Å². The number of benzene rings is 2. The number of esters is 1. The van der Waals surface area contributed by atoms with Gasteiger partial charge in [0.15, 0.2) is 0 Å². The number of ether oxygens (including phenoxy) is 1. The van der Waals surface area contributed by atoms with E-state index in [9.17, 15) is 4.79 Å². The molecule has 28 heavy (non-hydrogen) atoms. The van der Waals surface area contributed by atoms with Crippen molar-refractivity contribution in [3.05, 3.63) is 64.2 Å². The smallest absolute Gasteiger partial charge is 0.310 e. The van der Waals surface area contributed by atoms with Crippen molar-refractivity contribution < 1.29 is 9.53 Å². The van der Waals surface area contributed by atoms with Crippen LogP contribution in [0.3, 0.4) is 0 Å². The number of rotatable bonds is 4. The van der Waals surface area contributed by atoms with Crippen LogP contribution in [0.4, 0.5) is 0 Å². The minimum Gasteiger partial charge on any atom is -0.466 e. The average molecular weight is 393 g/mol. The van der Waals surface area contributed by atoms with Crippen molar-refractivity contribution in [3.63, 3.8) is 0 Å². The number of aryl methyl sites for hydroxylation is 1. The molecule has 0 aromatic heterocycles. The van der Waals surface area contributed by atoms with Crippen molar-refractivity contribution in [2.24, 2.45) is 0 Å². The molecule has 3 rings (SSSR count). The monoisotopic (exact) mass is 392 g/mol. The second-order valence-corrected chi connectivity index (χ2v) is 8.91. The normalized spacial score (nSPS) is 14.6. The first-order valence-electron chi connectivity index (χ1n) is 9.99. The van der Waals surface area contributed by atoms with E-state index in [1.54, 1.807) is 0 Å². The van der Waals surface area contributed by atoms with Crippen molar-refractivity contribution in [1.82, 2.24) is 0 Å². The molecule has 0 unspecified atom stereocenters. The summed E-state index contributed by atoms with van der Waals surface area (Å²) in [6.07, 6.45) is 2.49. The summed E-state index contributed by atoms with van der Waals surface area (Å²) in [5.41, 5.74) is 5.99. The van der Waals surface area contributed by atoms with E-state index >= 15 is 0 Å². The average Bonchev–Trinajstić information content (AvgIpc) is 2.67. The van der Waals surface area contributed by atoms with Crippen LogP contribution in [0.15, 0.2) is 41.3 Å². The fourth-order valence-corrected chi connectivity index (χ4v) is 5.00. The van der Waals surface area contributed by atoms with Crippen molar-refractivity contribution in [2.75, 3.05) is 12.4 Å². The van der Waals surface area contributed by atoms with Gasteiger partial charge in [-0.1, -0.05) is 44.7 Å². The van der Waals surface area contributed by atoms with Gasteiger partial charge < -0.3 is 4.74 Å². The zero-order valence-electron chi connectivity index (χ0n) is 17.2. The second-order valence-electron chi connectivity index (χ2n) is 7.77. The number of carbonyl (C=O) groups excluding carboxylic acids is 1.